The van der Waals surface area contributed by atoms with Crippen LogP contribution in [0.15, 0.2) is 30.3 Å². The van der Waals surface area contributed by atoms with Gasteiger partial charge in [0.15, 0.2) is 0 Å². The SMILES string of the molecule is CCNC(c1ccc(C(F)(F)F)c(F)c1)c1ccc(C)s1. The van der Waals surface area contributed by atoms with Crippen molar-refractivity contribution in [3.05, 3.63) is 57.0 Å². The Balaban J connectivity index is 2.40. The third-order valence-corrected chi connectivity index (χ3v) is 4.15. The van der Waals surface area contributed by atoms with E-state index in [1.54, 1.807) is 0 Å². The summed E-state index contributed by atoms with van der Waals surface area (Å²) in [5.74, 6) is -1.24. The Morgan fingerprint density at radius 3 is 2.38 bits per heavy atom. The second-order valence-corrected chi connectivity index (χ2v) is 6.00. The van der Waals surface area contributed by atoms with E-state index in [0.29, 0.717) is 12.1 Å². The maximum atomic E-state index is 13.7. The van der Waals surface area contributed by atoms with Crippen LogP contribution in [0.2, 0.25) is 0 Å². The molecule has 0 amide bonds. The topological polar surface area (TPSA) is 12.0 Å². The van der Waals surface area contributed by atoms with Crippen molar-refractivity contribution >= 4 is 11.3 Å². The first kappa shape index (κ1) is 16.0. The largest absolute Gasteiger partial charge is 0.419 e. The molecular formula is C15H15F4NS. The van der Waals surface area contributed by atoms with Gasteiger partial charge in [-0.1, -0.05) is 13.0 Å². The minimum Gasteiger partial charge on any atom is -0.306 e. The molecule has 21 heavy (non-hydrogen) atoms. The predicted molar refractivity (Wildman–Crippen MR) is 76.0 cm³/mol. The molecule has 0 saturated carbocycles. The lowest BCUT2D eigenvalue weighted by atomic mass is 10.0. The Bertz CT molecular complexity index is 618. The number of thiophene rings is 1. The summed E-state index contributed by atoms with van der Waals surface area (Å²) in [6.07, 6.45) is -4.67. The van der Waals surface area contributed by atoms with Crippen molar-refractivity contribution in [1.29, 1.82) is 0 Å². The molecule has 0 fully saturated rings. The third-order valence-electron chi connectivity index (χ3n) is 3.09. The van der Waals surface area contributed by atoms with E-state index in [4.69, 9.17) is 0 Å². The minimum atomic E-state index is -4.67. The van der Waals surface area contributed by atoms with E-state index in [1.807, 2.05) is 26.0 Å². The quantitative estimate of drug-likeness (QED) is 0.790. The van der Waals surface area contributed by atoms with E-state index >= 15 is 0 Å². The first-order chi connectivity index (χ1) is 9.82. The fourth-order valence-corrected chi connectivity index (χ4v) is 3.12. The van der Waals surface area contributed by atoms with Crippen LogP contribution in [0.5, 0.6) is 0 Å². The lowest BCUT2D eigenvalue weighted by Gasteiger charge is -2.18. The predicted octanol–water partition coefficient (Wildman–Crippen LogP) is 4.91. The van der Waals surface area contributed by atoms with Gasteiger partial charge in [0.25, 0.3) is 0 Å². The highest BCUT2D eigenvalue weighted by atomic mass is 32.1. The molecule has 2 aromatic rings. The van der Waals surface area contributed by atoms with Gasteiger partial charge >= 0.3 is 6.18 Å². The van der Waals surface area contributed by atoms with Crippen molar-refractivity contribution in [3.8, 4) is 0 Å². The highest BCUT2D eigenvalue weighted by Crippen LogP contribution is 2.34. The molecular weight excluding hydrogens is 302 g/mol. The molecule has 0 aliphatic carbocycles. The van der Waals surface area contributed by atoms with Crippen LogP contribution in [0, 0.1) is 12.7 Å². The van der Waals surface area contributed by atoms with Crippen molar-refractivity contribution in [2.45, 2.75) is 26.1 Å². The summed E-state index contributed by atoms with van der Waals surface area (Å²) in [6.45, 7) is 4.47. The molecule has 1 nitrogen and oxygen atoms in total. The number of alkyl halides is 3. The smallest absolute Gasteiger partial charge is 0.306 e. The van der Waals surface area contributed by atoms with Crippen molar-refractivity contribution in [3.63, 3.8) is 0 Å². The van der Waals surface area contributed by atoms with Crippen LogP contribution in [0.25, 0.3) is 0 Å². The molecule has 2 rings (SSSR count). The molecule has 0 aliphatic rings. The molecule has 0 radical (unpaired) electrons. The van der Waals surface area contributed by atoms with Gasteiger partial charge in [0.05, 0.1) is 11.6 Å². The van der Waals surface area contributed by atoms with Gasteiger partial charge in [-0.2, -0.15) is 13.2 Å². The van der Waals surface area contributed by atoms with Gasteiger partial charge in [0.1, 0.15) is 5.82 Å². The molecule has 1 unspecified atom stereocenters. The van der Waals surface area contributed by atoms with Gasteiger partial charge in [-0.3, -0.25) is 0 Å². The summed E-state index contributed by atoms with van der Waals surface area (Å²) >= 11 is 1.54. The lowest BCUT2D eigenvalue weighted by Crippen LogP contribution is -2.21. The standard InChI is InChI=1S/C15H15F4NS/c1-3-20-14(13-7-4-9(2)21-13)10-5-6-11(12(16)8-10)15(17,18)19/h4-8,14,20H,3H2,1-2H3. The lowest BCUT2D eigenvalue weighted by molar-refractivity contribution is -0.140. The van der Waals surface area contributed by atoms with Crippen molar-refractivity contribution in [2.24, 2.45) is 0 Å². The summed E-state index contributed by atoms with van der Waals surface area (Å²) in [5.41, 5.74) is -0.743. The van der Waals surface area contributed by atoms with E-state index < -0.39 is 17.6 Å². The fraction of sp³-hybridized carbons (Fsp3) is 0.333. The average Bonchev–Trinajstić information content (AvgIpc) is 2.80. The number of hydrogen-bond acceptors (Lipinski definition) is 2. The zero-order valence-corrected chi connectivity index (χ0v) is 12.4. The van der Waals surface area contributed by atoms with Crippen molar-refractivity contribution < 1.29 is 17.6 Å². The van der Waals surface area contributed by atoms with E-state index in [1.165, 1.54) is 17.4 Å². The molecule has 6 heteroatoms. The molecule has 1 aromatic heterocycles. The number of aryl methyl sites for hydroxylation is 1. The average molecular weight is 317 g/mol. The monoisotopic (exact) mass is 317 g/mol. The molecule has 114 valence electrons. The zero-order chi connectivity index (χ0) is 15.6. The van der Waals surface area contributed by atoms with E-state index in [-0.39, 0.29) is 6.04 Å². The molecule has 1 heterocycles. The Labute approximate surface area is 124 Å². The van der Waals surface area contributed by atoms with E-state index in [2.05, 4.69) is 5.32 Å². The van der Waals surface area contributed by atoms with Gasteiger partial charge in [-0.25, -0.2) is 4.39 Å². The zero-order valence-electron chi connectivity index (χ0n) is 11.6. The van der Waals surface area contributed by atoms with Gasteiger partial charge in [0, 0.05) is 9.75 Å². The normalized spacial score (nSPS) is 13.4. The maximum Gasteiger partial charge on any atom is 0.419 e. The van der Waals surface area contributed by atoms with Crippen LogP contribution in [0.4, 0.5) is 17.6 Å². The van der Waals surface area contributed by atoms with Gasteiger partial charge in [-0.05, 0) is 43.3 Å². The summed E-state index contributed by atoms with van der Waals surface area (Å²) < 4.78 is 51.5. The molecule has 0 bridgehead atoms. The molecule has 0 spiro atoms. The summed E-state index contributed by atoms with van der Waals surface area (Å²) in [7, 11) is 0. The number of hydrogen-bond donors (Lipinski definition) is 1. The Morgan fingerprint density at radius 1 is 1.19 bits per heavy atom. The maximum absolute atomic E-state index is 13.7. The Kier molecular flexibility index (Phi) is 4.68. The van der Waals surface area contributed by atoms with Crippen LogP contribution in [-0.2, 0) is 6.18 Å². The number of rotatable bonds is 4. The van der Waals surface area contributed by atoms with Crippen LogP contribution >= 0.6 is 11.3 Å². The highest BCUT2D eigenvalue weighted by molar-refractivity contribution is 7.12. The van der Waals surface area contributed by atoms with Crippen molar-refractivity contribution in [2.75, 3.05) is 6.54 Å². The fourth-order valence-electron chi connectivity index (χ4n) is 2.14. The first-order valence-corrected chi connectivity index (χ1v) is 7.31. The number of nitrogens with one attached hydrogen (secondary N) is 1. The summed E-state index contributed by atoms with van der Waals surface area (Å²) in [4.78, 5) is 2.05. The number of benzene rings is 1. The second-order valence-electron chi connectivity index (χ2n) is 4.68. The van der Waals surface area contributed by atoms with E-state index in [0.717, 1.165) is 21.9 Å². The molecule has 1 N–H and O–H groups in total. The Morgan fingerprint density at radius 2 is 1.90 bits per heavy atom. The van der Waals surface area contributed by atoms with Crippen LogP contribution < -0.4 is 5.32 Å². The van der Waals surface area contributed by atoms with Crippen LogP contribution in [0.1, 0.15) is 33.8 Å². The molecule has 0 saturated heterocycles. The molecule has 1 aromatic carbocycles. The second kappa shape index (κ2) is 6.15. The van der Waals surface area contributed by atoms with Gasteiger partial charge in [-0.15, -0.1) is 11.3 Å². The van der Waals surface area contributed by atoms with Crippen LogP contribution in [-0.4, -0.2) is 6.54 Å². The molecule has 0 aliphatic heterocycles. The number of halogens is 4. The van der Waals surface area contributed by atoms with Crippen LogP contribution in [0.3, 0.4) is 0 Å². The van der Waals surface area contributed by atoms with E-state index in [9.17, 15) is 17.6 Å². The van der Waals surface area contributed by atoms with Gasteiger partial charge in [0.2, 0.25) is 0 Å². The summed E-state index contributed by atoms with van der Waals surface area (Å²) in [5, 5.41) is 3.18. The van der Waals surface area contributed by atoms with Gasteiger partial charge < -0.3 is 5.32 Å². The Hall–Kier alpha value is -1.40. The summed E-state index contributed by atoms with van der Waals surface area (Å²) in [6, 6.07) is 6.63. The van der Waals surface area contributed by atoms with Crippen molar-refractivity contribution in [1.82, 2.24) is 5.32 Å². The minimum absolute atomic E-state index is 0.300. The highest BCUT2D eigenvalue weighted by Gasteiger charge is 2.34. The third kappa shape index (κ3) is 3.63. The molecule has 1 atom stereocenters. The first-order valence-electron chi connectivity index (χ1n) is 6.49.